The quantitative estimate of drug-likeness (QED) is 0.480. The average Bonchev–Trinajstić information content (AvgIpc) is 2.34. The maximum atomic E-state index is 11.6. The molecular weight excluding hydrogens is 294 g/mol. The number of amides is 1. The van der Waals surface area contributed by atoms with E-state index in [4.69, 9.17) is 11.6 Å². The summed E-state index contributed by atoms with van der Waals surface area (Å²) in [5.74, 6) is -0.0415. The van der Waals surface area contributed by atoms with E-state index in [1.165, 1.54) is 18.2 Å². The molecule has 0 aliphatic rings. The van der Waals surface area contributed by atoms with E-state index in [0.717, 1.165) is 0 Å². The van der Waals surface area contributed by atoms with Gasteiger partial charge in [-0.2, -0.15) is 0 Å². The Morgan fingerprint density at radius 1 is 1.38 bits per heavy atom. The van der Waals surface area contributed by atoms with Gasteiger partial charge in [0, 0.05) is 42.2 Å². The van der Waals surface area contributed by atoms with Crippen LogP contribution in [0.15, 0.2) is 18.2 Å². The lowest BCUT2D eigenvalue weighted by Gasteiger charge is -2.20. The molecule has 7 heteroatoms. The minimum atomic E-state index is -0.462. The predicted molar refractivity (Wildman–Crippen MR) is 82.3 cm³/mol. The zero-order valence-electron chi connectivity index (χ0n) is 12.4. The molecule has 1 aromatic rings. The van der Waals surface area contributed by atoms with Crippen molar-refractivity contribution >= 4 is 23.2 Å². The van der Waals surface area contributed by atoms with Crippen molar-refractivity contribution in [2.45, 2.75) is 39.3 Å². The normalized spacial score (nSPS) is 11.2. The number of nitro benzene ring substituents is 1. The summed E-state index contributed by atoms with van der Waals surface area (Å²) in [6.45, 7) is 6.61. The second-order valence-electron chi connectivity index (χ2n) is 5.76. The molecule has 0 spiro atoms. The highest BCUT2D eigenvalue weighted by Gasteiger charge is 2.13. The van der Waals surface area contributed by atoms with Gasteiger partial charge in [-0.25, -0.2) is 0 Å². The van der Waals surface area contributed by atoms with Gasteiger partial charge in [-0.15, -0.1) is 0 Å². The van der Waals surface area contributed by atoms with Crippen molar-refractivity contribution in [3.8, 4) is 0 Å². The first kappa shape index (κ1) is 17.4. The van der Waals surface area contributed by atoms with Crippen LogP contribution < -0.4 is 10.6 Å². The number of nitro groups is 1. The number of carbonyl (C=O) groups excluding carboxylic acids is 1. The summed E-state index contributed by atoms with van der Waals surface area (Å²) < 4.78 is 0. The Bertz CT molecular complexity index is 527. The van der Waals surface area contributed by atoms with Gasteiger partial charge in [-0.3, -0.25) is 14.9 Å². The summed E-state index contributed by atoms with van der Waals surface area (Å²) in [7, 11) is 0. The van der Waals surface area contributed by atoms with Crippen molar-refractivity contribution in [3.63, 3.8) is 0 Å². The third-order valence-corrected chi connectivity index (χ3v) is 2.97. The molecule has 0 aliphatic heterocycles. The Kier molecular flexibility index (Phi) is 6.11. The fourth-order valence-electron chi connectivity index (χ4n) is 1.72. The van der Waals surface area contributed by atoms with Gasteiger partial charge >= 0.3 is 0 Å². The molecule has 1 aromatic carbocycles. The van der Waals surface area contributed by atoms with Crippen molar-refractivity contribution in [2.75, 3.05) is 6.54 Å². The van der Waals surface area contributed by atoms with Crippen LogP contribution in [0.5, 0.6) is 0 Å². The molecule has 1 rings (SSSR count). The number of non-ortho nitro benzene ring substituents is 1. The molecule has 0 saturated heterocycles. The lowest BCUT2D eigenvalue weighted by molar-refractivity contribution is -0.384. The van der Waals surface area contributed by atoms with Gasteiger partial charge < -0.3 is 10.6 Å². The first-order valence-electron chi connectivity index (χ1n) is 6.63. The van der Waals surface area contributed by atoms with E-state index in [1.807, 2.05) is 20.8 Å². The van der Waals surface area contributed by atoms with E-state index in [0.29, 0.717) is 30.1 Å². The lowest BCUT2D eigenvalue weighted by atomic mass is 10.1. The molecule has 0 unspecified atom stereocenters. The molecule has 6 nitrogen and oxygen atoms in total. The van der Waals surface area contributed by atoms with Gasteiger partial charge in [0.25, 0.3) is 5.69 Å². The van der Waals surface area contributed by atoms with Crippen LogP contribution in [0.1, 0.15) is 32.8 Å². The SMILES string of the molecule is CC(C)(C)NC(=O)CCNCc1cc([N+](=O)[O-])ccc1Cl. The summed E-state index contributed by atoms with van der Waals surface area (Å²) in [6, 6.07) is 4.30. The van der Waals surface area contributed by atoms with E-state index in [1.54, 1.807) is 0 Å². The minimum Gasteiger partial charge on any atom is -0.351 e. The van der Waals surface area contributed by atoms with E-state index in [2.05, 4.69) is 10.6 Å². The summed E-state index contributed by atoms with van der Waals surface area (Å²) in [6.07, 6.45) is 0.337. The standard InChI is InChI=1S/C14H20ClN3O3/c1-14(2,3)17-13(19)6-7-16-9-10-8-11(18(20)21)4-5-12(10)15/h4-5,8,16H,6-7,9H2,1-3H3,(H,17,19). The average molecular weight is 314 g/mol. The monoisotopic (exact) mass is 313 g/mol. The van der Waals surface area contributed by atoms with E-state index in [-0.39, 0.29) is 17.1 Å². The molecule has 0 atom stereocenters. The van der Waals surface area contributed by atoms with E-state index in [9.17, 15) is 14.9 Å². The topological polar surface area (TPSA) is 84.3 Å². The van der Waals surface area contributed by atoms with Crippen molar-refractivity contribution in [1.29, 1.82) is 0 Å². The van der Waals surface area contributed by atoms with E-state index >= 15 is 0 Å². The molecule has 0 heterocycles. The zero-order valence-corrected chi connectivity index (χ0v) is 13.2. The first-order chi connectivity index (χ1) is 9.69. The highest BCUT2D eigenvalue weighted by atomic mass is 35.5. The Morgan fingerprint density at radius 2 is 2.05 bits per heavy atom. The van der Waals surface area contributed by atoms with Gasteiger partial charge in [0.05, 0.1) is 4.92 Å². The van der Waals surface area contributed by atoms with Gasteiger partial charge in [0.2, 0.25) is 5.91 Å². The highest BCUT2D eigenvalue weighted by Crippen LogP contribution is 2.21. The minimum absolute atomic E-state index is 0.00155. The molecular formula is C14H20ClN3O3. The number of rotatable bonds is 6. The molecule has 0 fully saturated rings. The Balaban J connectivity index is 2.44. The smallest absolute Gasteiger partial charge is 0.269 e. The second-order valence-corrected chi connectivity index (χ2v) is 6.16. The van der Waals surface area contributed by atoms with Gasteiger partial charge in [0.15, 0.2) is 0 Å². The van der Waals surface area contributed by atoms with Crippen LogP contribution >= 0.6 is 11.6 Å². The van der Waals surface area contributed by atoms with Crippen molar-refractivity contribution in [1.82, 2.24) is 10.6 Å². The maximum absolute atomic E-state index is 11.6. The number of benzene rings is 1. The van der Waals surface area contributed by atoms with Crippen molar-refractivity contribution in [2.24, 2.45) is 0 Å². The number of hydrogen-bond acceptors (Lipinski definition) is 4. The van der Waals surface area contributed by atoms with Gasteiger partial charge in [0.1, 0.15) is 0 Å². The Labute approximate surface area is 129 Å². The van der Waals surface area contributed by atoms with Crippen LogP contribution in [-0.2, 0) is 11.3 Å². The molecule has 116 valence electrons. The second kappa shape index (κ2) is 7.38. The van der Waals surface area contributed by atoms with Gasteiger partial charge in [-0.05, 0) is 32.4 Å². The number of hydrogen-bond donors (Lipinski definition) is 2. The fraction of sp³-hybridized carbons (Fsp3) is 0.500. The zero-order chi connectivity index (χ0) is 16.0. The molecule has 0 radical (unpaired) electrons. The molecule has 0 aromatic heterocycles. The fourth-order valence-corrected chi connectivity index (χ4v) is 1.90. The number of nitrogens with one attached hydrogen (secondary N) is 2. The predicted octanol–water partition coefficient (Wildman–Crippen LogP) is 2.64. The van der Waals surface area contributed by atoms with Crippen molar-refractivity contribution in [3.05, 3.63) is 38.9 Å². The third-order valence-electron chi connectivity index (χ3n) is 2.60. The largest absolute Gasteiger partial charge is 0.351 e. The van der Waals surface area contributed by atoms with Crippen LogP contribution in [-0.4, -0.2) is 22.9 Å². The van der Waals surface area contributed by atoms with Gasteiger partial charge in [-0.1, -0.05) is 11.6 Å². The Morgan fingerprint density at radius 3 is 2.62 bits per heavy atom. The molecule has 21 heavy (non-hydrogen) atoms. The number of nitrogens with zero attached hydrogens (tertiary/aromatic N) is 1. The maximum Gasteiger partial charge on any atom is 0.269 e. The molecule has 2 N–H and O–H groups in total. The molecule has 1 amide bonds. The van der Waals surface area contributed by atoms with E-state index < -0.39 is 4.92 Å². The number of halogens is 1. The summed E-state index contributed by atoms with van der Waals surface area (Å²) >= 11 is 5.99. The highest BCUT2D eigenvalue weighted by molar-refractivity contribution is 6.31. The summed E-state index contributed by atoms with van der Waals surface area (Å²) in [4.78, 5) is 21.9. The van der Waals surface area contributed by atoms with Crippen LogP contribution in [0.2, 0.25) is 5.02 Å². The molecule has 0 bridgehead atoms. The van der Waals surface area contributed by atoms with Crippen LogP contribution in [0.3, 0.4) is 0 Å². The van der Waals surface area contributed by atoms with Crippen molar-refractivity contribution < 1.29 is 9.72 Å². The Hall–Kier alpha value is -1.66. The summed E-state index contributed by atoms with van der Waals surface area (Å²) in [5.41, 5.74) is 0.393. The van der Waals surface area contributed by atoms with Crippen LogP contribution in [0.25, 0.3) is 0 Å². The molecule has 0 saturated carbocycles. The third kappa shape index (κ3) is 6.55. The van der Waals surface area contributed by atoms with Crippen LogP contribution in [0, 0.1) is 10.1 Å². The number of carbonyl (C=O) groups is 1. The lowest BCUT2D eigenvalue weighted by Crippen LogP contribution is -2.41. The van der Waals surface area contributed by atoms with Crippen LogP contribution in [0.4, 0.5) is 5.69 Å². The first-order valence-corrected chi connectivity index (χ1v) is 7.01. The molecule has 0 aliphatic carbocycles. The summed E-state index contributed by atoms with van der Waals surface area (Å²) in [5, 5.41) is 17.1.